The van der Waals surface area contributed by atoms with E-state index in [0.717, 1.165) is 27.6 Å². The van der Waals surface area contributed by atoms with Crippen molar-refractivity contribution in [2.75, 3.05) is 0 Å². The van der Waals surface area contributed by atoms with Gasteiger partial charge < -0.3 is 9.55 Å². The number of rotatable bonds is 6. The number of H-pyrrole nitrogens is 1. The molecule has 0 aliphatic carbocycles. The van der Waals surface area contributed by atoms with Gasteiger partial charge in [-0.25, -0.2) is 4.98 Å². The number of imidazole rings is 1. The van der Waals surface area contributed by atoms with Gasteiger partial charge in [0.25, 0.3) is 5.69 Å². The van der Waals surface area contributed by atoms with Crippen molar-refractivity contribution in [3.05, 3.63) is 125 Å². The fraction of sp³-hybridized carbons (Fsp3) is 0.0385. The number of aromatic amines is 1. The maximum absolute atomic E-state index is 12.0. The molecular formula is C26H20N4O2. The Hall–Kier alpha value is -4.45. The van der Waals surface area contributed by atoms with Crippen LogP contribution in [-0.2, 0) is 0 Å². The second kappa shape index (κ2) is 8.35. The second-order valence-corrected chi connectivity index (χ2v) is 7.51. The first-order valence-corrected chi connectivity index (χ1v) is 10.3. The highest BCUT2D eigenvalue weighted by Crippen LogP contribution is 2.37. The van der Waals surface area contributed by atoms with Crippen LogP contribution >= 0.6 is 0 Å². The SMILES string of the molecule is O=[N+]([O-])c1cn(C(C=Cc2ccccc2)c2cnc[nH]2)cc1-c1cccc2ccccc12. The molecule has 156 valence electrons. The Morgan fingerprint density at radius 1 is 0.938 bits per heavy atom. The summed E-state index contributed by atoms with van der Waals surface area (Å²) in [5.41, 5.74) is 3.38. The van der Waals surface area contributed by atoms with E-state index < -0.39 is 0 Å². The zero-order valence-corrected chi connectivity index (χ0v) is 17.1. The monoisotopic (exact) mass is 420 g/mol. The number of fused-ring (bicyclic) bond motifs is 1. The normalized spacial score (nSPS) is 12.4. The average molecular weight is 420 g/mol. The summed E-state index contributed by atoms with van der Waals surface area (Å²) in [4.78, 5) is 19.0. The maximum Gasteiger partial charge on any atom is 0.294 e. The molecule has 0 fully saturated rings. The Balaban J connectivity index is 1.65. The molecule has 0 spiro atoms. The van der Waals surface area contributed by atoms with Gasteiger partial charge in [0.05, 0.1) is 40.9 Å². The minimum Gasteiger partial charge on any atom is -0.346 e. The number of nitro groups is 1. The zero-order chi connectivity index (χ0) is 21.9. The zero-order valence-electron chi connectivity index (χ0n) is 17.1. The molecule has 2 heterocycles. The van der Waals surface area contributed by atoms with Crippen LogP contribution in [0.25, 0.3) is 28.0 Å². The van der Waals surface area contributed by atoms with Gasteiger partial charge >= 0.3 is 0 Å². The largest absolute Gasteiger partial charge is 0.346 e. The molecule has 32 heavy (non-hydrogen) atoms. The van der Waals surface area contributed by atoms with Gasteiger partial charge in [-0.1, -0.05) is 84.9 Å². The molecule has 0 bridgehead atoms. The lowest BCUT2D eigenvalue weighted by Gasteiger charge is -2.13. The third-order valence-electron chi connectivity index (χ3n) is 5.53. The molecule has 2 aromatic heterocycles. The Kier molecular flexibility index (Phi) is 5.09. The van der Waals surface area contributed by atoms with Crippen LogP contribution in [0.4, 0.5) is 5.69 Å². The smallest absolute Gasteiger partial charge is 0.294 e. The molecule has 6 nitrogen and oxygen atoms in total. The first-order valence-electron chi connectivity index (χ1n) is 10.3. The van der Waals surface area contributed by atoms with Crippen molar-refractivity contribution in [2.24, 2.45) is 0 Å². The summed E-state index contributed by atoms with van der Waals surface area (Å²) in [6, 6.07) is 23.5. The molecule has 5 aromatic rings. The van der Waals surface area contributed by atoms with Crippen molar-refractivity contribution < 1.29 is 4.92 Å². The van der Waals surface area contributed by atoms with Crippen LogP contribution in [0, 0.1) is 10.1 Å². The lowest BCUT2D eigenvalue weighted by molar-refractivity contribution is -0.384. The second-order valence-electron chi connectivity index (χ2n) is 7.51. The quantitative estimate of drug-likeness (QED) is 0.261. The summed E-state index contributed by atoms with van der Waals surface area (Å²) in [7, 11) is 0. The number of benzene rings is 3. The van der Waals surface area contributed by atoms with E-state index >= 15 is 0 Å². The van der Waals surface area contributed by atoms with Crippen molar-refractivity contribution >= 4 is 22.5 Å². The van der Waals surface area contributed by atoms with Crippen LogP contribution in [0.5, 0.6) is 0 Å². The van der Waals surface area contributed by atoms with Crippen molar-refractivity contribution in [1.82, 2.24) is 14.5 Å². The number of hydrogen-bond donors (Lipinski definition) is 1. The predicted molar refractivity (Wildman–Crippen MR) is 126 cm³/mol. The molecule has 0 saturated heterocycles. The minimum atomic E-state index is -0.321. The van der Waals surface area contributed by atoms with E-state index in [9.17, 15) is 10.1 Å². The molecule has 0 amide bonds. The third kappa shape index (κ3) is 3.70. The standard InChI is InChI=1S/C26H20N4O2/c31-30(32)26-17-29(16-23(26)22-12-6-10-20-9-4-5-11-21(20)22)25(24-15-27-18-28-24)14-13-19-7-2-1-3-8-19/h1-18,25H,(H,27,28). The summed E-state index contributed by atoms with van der Waals surface area (Å²) in [5.74, 6) is 0. The van der Waals surface area contributed by atoms with Gasteiger partial charge in [0, 0.05) is 6.20 Å². The fourth-order valence-corrected chi connectivity index (χ4v) is 4.00. The number of nitrogens with zero attached hydrogens (tertiary/aromatic N) is 3. The Morgan fingerprint density at radius 2 is 1.72 bits per heavy atom. The molecule has 5 rings (SSSR count). The first-order chi connectivity index (χ1) is 15.7. The third-order valence-corrected chi connectivity index (χ3v) is 5.53. The molecule has 1 N–H and O–H groups in total. The molecule has 1 unspecified atom stereocenters. The van der Waals surface area contributed by atoms with E-state index in [-0.39, 0.29) is 16.7 Å². The van der Waals surface area contributed by atoms with Crippen LogP contribution in [0.1, 0.15) is 17.3 Å². The highest BCUT2D eigenvalue weighted by Gasteiger charge is 2.23. The van der Waals surface area contributed by atoms with Gasteiger partial charge in [-0.15, -0.1) is 0 Å². The Bertz CT molecular complexity index is 1400. The minimum absolute atomic E-state index is 0.0685. The van der Waals surface area contributed by atoms with E-state index in [2.05, 4.69) is 9.97 Å². The lowest BCUT2D eigenvalue weighted by Crippen LogP contribution is -2.06. The number of aromatic nitrogens is 3. The average Bonchev–Trinajstić information content (AvgIpc) is 3.51. The van der Waals surface area contributed by atoms with E-state index in [1.54, 1.807) is 18.7 Å². The van der Waals surface area contributed by atoms with Gasteiger partial charge in [-0.3, -0.25) is 10.1 Å². The van der Waals surface area contributed by atoms with Crippen molar-refractivity contribution in [1.29, 1.82) is 0 Å². The van der Waals surface area contributed by atoms with E-state index in [1.807, 2.05) is 95.7 Å². The van der Waals surface area contributed by atoms with Crippen LogP contribution in [0.15, 0.2) is 104 Å². The lowest BCUT2D eigenvalue weighted by atomic mass is 9.99. The van der Waals surface area contributed by atoms with Gasteiger partial charge in [0.2, 0.25) is 0 Å². The van der Waals surface area contributed by atoms with Crippen LogP contribution < -0.4 is 0 Å². The molecule has 3 aromatic carbocycles. The molecule has 0 radical (unpaired) electrons. The van der Waals surface area contributed by atoms with Gasteiger partial charge in [0.15, 0.2) is 0 Å². The Morgan fingerprint density at radius 3 is 2.50 bits per heavy atom. The number of nitrogens with one attached hydrogen (secondary N) is 1. The van der Waals surface area contributed by atoms with Gasteiger partial charge in [-0.2, -0.15) is 0 Å². The first kappa shape index (κ1) is 19.5. The van der Waals surface area contributed by atoms with Crippen LogP contribution in [0.2, 0.25) is 0 Å². The van der Waals surface area contributed by atoms with Crippen molar-refractivity contribution in [3.8, 4) is 11.1 Å². The maximum atomic E-state index is 12.0. The number of hydrogen-bond acceptors (Lipinski definition) is 3. The van der Waals surface area contributed by atoms with Crippen molar-refractivity contribution in [3.63, 3.8) is 0 Å². The summed E-state index contributed by atoms with van der Waals surface area (Å²) < 4.78 is 1.86. The van der Waals surface area contributed by atoms with E-state index in [1.165, 1.54) is 0 Å². The summed E-state index contributed by atoms with van der Waals surface area (Å²) in [6.45, 7) is 0. The predicted octanol–water partition coefficient (Wildman–Crippen LogP) is 6.24. The molecular weight excluding hydrogens is 400 g/mol. The summed E-state index contributed by atoms with van der Waals surface area (Å²) in [6.07, 6.45) is 10.8. The molecule has 0 aliphatic rings. The van der Waals surface area contributed by atoms with Gasteiger partial charge in [-0.05, 0) is 21.9 Å². The molecule has 1 atom stereocenters. The van der Waals surface area contributed by atoms with Crippen molar-refractivity contribution in [2.45, 2.75) is 6.04 Å². The highest BCUT2D eigenvalue weighted by atomic mass is 16.6. The summed E-state index contributed by atoms with van der Waals surface area (Å²) in [5, 5.41) is 14.0. The highest BCUT2D eigenvalue weighted by molar-refractivity contribution is 5.98. The fourth-order valence-electron chi connectivity index (χ4n) is 4.00. The van der Waals surface area contributed by atoms with Crippen LogP contribution in [-0.4, -0.2) is 19.5 Å². The summed E-state index contributed by atoms with van der Waals surface area (Å²) >= 11 is 0. The molecule has 0 saturated carbocycles. The topological polar surface area (TPSA) is 76.8 Å². The number of allylic oxidation sites excluding steroid dienone is 1. The Labute approximate surface area is 184 Å². The van der Waals surface area contributed by atoms with E-state index in [0.29, 0.717) is 5.56 Å². The molecule has 0 aliphatic heterocycles. The van der Waals surface area contributed by atoms with Gasteiger partial charge in [0.1, 0.15) is 0 Å². The van der Waals surface area contributed by atoms with Crippen LogP contribution in [0.3, 0.4) is 0 Å². The van der Waals surface area contributed by atoms with E-state index in [4.69, 9.17) is 0 Å². The molecule has 6 heteroatoms.